The van der Waals surface area contributed by atoms with Crippen LogP contribution < -0.4 is 4.90 Å². The molecule has 3 aromatic carbocycles. The summed E-state index contributed by atoms with van der Waals surface area (Å²) in [5, 5.41) is 0. The Morgan fingerprint density at radius 3 is 2.06 bits per heavy atom. The summed E-state index contributed by atoms with van der Waals surface area (Å²) in [6, 6.07) is 26.7. The number of carbonyl (C=O) groups excluding carboxylic acids is 3. The minimum Gasteiger partial charge on any atom is -0.443 e. The first-order valence-electron chi connectivity index (χ1n) is 11.8. The van der Waals surface area contributed by atoms with Crippen LogP contribution in [0.2, 0.25) is 0 Å². The maximum absolute atomic E-state index is 14.3. The van der Waals surface area contributed by atoms with Crippen molar-refractivity contribution in [3.63, 3.8) is 0 Å². The van der Waals surface area contributed by atoms with Crippen LogP contribution >= 0.6 is 0 Å². The second-order valence-electron chi connectivity index (χ2n) is 10.1. The van der Waals surface area contributed by atoms with Gasteiger partial charge in [-0.15, -0.1) is 0 Å². The molecule has 5 rings (SSSR count). The molecule has 6 nitrogen and oxygen atoms in total. The first-order valence-corrected chi connectivity index (χ1v) is 11.8. The molecule has 3 aromatic rings. The Bertz CT molecular complexity index is 1280. The van der Waals surface area contributed by atoms with Gasteiger partial charge in [-0.1, -0.05) is 78.9 Å². The zero-order chi connectivity index (χ0) is 24.8. The average Bonchev–Trinajstić information content (AvgIpc) is 3.08. The lowest BCUT2D eigenvalue weighted by Gasteiger charge is -2.52. The summed E-state index contributed by atoms with van der Waals surface area (Å²) in [6.45, 7) is 5.58. The largest absolute Gasteiger partial charge is 0.443 e. The van der Waals surface area contributed by atoms with Crippen LogP contribution in [0.4, 0.5) is 10.5 Å². The lowest BCUT2D eigenvalue weighted by Crippen LogP contribution is -2.74. The van der Waals surface area contributed by atoms with Crippen LogP contribution in [0.3, 0.4) is 0 Å². The molecule has 178 valence electrons. The molecular formula is C29H28N2O4. The predicted octanol–water partition coefficient (Wildman–Crippen LogP) is 5.06. The SMILES string of the molecule is CC(C)(C)OC(=O)N1C(=O)[C@H](Cc2ccccc2)[C@@]12C(=O)N(Cc1ccccc1)c1ccccc12. The molecule has 0 radical (unpaired) electrons. The monoisotopic (exact) mass is 468 g/mol. The number of anilines is 1. The van der Waals surface area contributed by atoms with Crippen molar-refractivity contribution in [1.82, 2.24) is 4.90 Å². The van der Waals surface area contributed by atoms with Gasteiger partial charge in [-0.2, -0.15) is 0 Å². The Morgan fingerprint density at radius 1 is 0.857 bits per heavy atom. The Balaban J connectivity index is 1.63. The van der Waals surface area contributed by atoms with Crippen molar-refractivity contribution in [3.05, 3.63) is 102 Å². The standard InChI is InChI=1S/C29H28N2O4/c1-28(2,3)35-27(34)31-25(32)23(18-20-12-6-4-7-13-20)29(31)22-16-10-11-17-24(22)30(26(29)33)19-21-14-8-5-9-15-21/h4-17,23H,18-19H2,1-3H3/t23-,29-/m0/s1. The number of hydrogen-bond acceptors (Lipinski definition) is 4. The number of imide groups is 1. The molecule has 3 amide bonds. The van der Waals surface area contributed by atoms with E-state index in [0.29, 0.717) is 24.2 Å². The molecule has 2 heterocycles. The molecule has 2 atom stereocenters. The number of hydrogen-bond donors (Lipinski definition) is 0. The Kier molecular flexibility index (Phi) is 5.47. The number of ether oxygens (including phenoxy) is 1. The third kappa shape index (κ3) is 3.70. The van der Waals surface area contributed by atoms with Gasteiger partial charge in [-0.05, 0) is 44.4 Å². The number of amides is 3. The molecule has 0 unspecified atom stereocenters. The third-order valence-electron chi connectivity index (χ3n) is 6.59. The van der Waals surface area contributed by atoms with Crippen LogP contribution in [0.25, 0.3) is 0 Å². The van der Waals surface area contributed by atoms with Crippen LogP contribution in [-0.4, -0.2) is 28.4 Å². The van der Waals surface area contributed by atoms with Crippen molar-refractivity contribution in [2.24, 2.45) is 5.92 Å². The maximum atomic E-state index is 14.3. The number of carbonyl (C=O) groups is 3. The molecule has 0 aliphatic carbocycles. The summed E-state index contributed by atoms with van der Waals surface area (Å²) in [7, 11) is 0. The zero-order valence-corrected chi connectivity index (χ0v) is 20.1. The highest BCUT2D eigenvalue weighted by Gasteiger charge is 2.72. The van der Waals surface area contributed by atoms with Gasteiger partial charge in [0.1, 0.15) is 5.60 Å². The molecule has 0 bridgehead atoms. The fraction of sp³-hybridized carbons (Fsp3) is 0.276. The Labute approximate surface area is 205 Å². The number of benzene rings is 3. The van der Waals surface area contributed by atoms with E-state index in [1.54, 1.807) is 25.7 Å². The lowest BCUT2D eigenvalue weighted by atomic mass is 9.67. The van der Waals surface area contributed by atoms with E-state index in [-0.39, 0.29) is 5.91 Å². The van der Waals surface area contributed by atoms with E-state index in [2.05, 4.69) is 0 Å². The van der Waals surface area contributed by atoms with Gasteiger partial charge in [0.25, 0.3) is 5.91 Å². The predicted molar refractivity (Wildman–Crippen MR) is 132 cm³/mol. The summed E-state index contributed by atoms with van der Waals surface area (Å²) in [5.41, 5.74) is 1.00. The van der Waals surface area contributed by atoms with E-state index in [9.17, 15) is 14.4 Å². The number of β-lactam (4-membered cyclic amide) rings is 1. The summed E-state index contributed by atoms with van der Waals surface area (Å²) in [4.78, 5) is 43.9. The van der Waals surface area contributed by atoms with Crippen LogP contribution in [0, 0.1) is 5.92 Å². The second-order valence-corrected chi connectivity index (χ2v) is 10.1. The van der Waals surface area contributed by atoms with Gasteiger partial charge in [0.15, 0.2) is 5.54 Å². The van der Waals surface area contributed by atoms with E-state index in [1.807, 2.05) is 84.9 Å². The molecule has 1 saturated heterocycles. The number of likely N-dealkylation sites (tertiary alicyclic amines) is 1. The molecule has 1 fully saturated rings. The van der Waals surface area contributed by atoms with Crippen molar-refractivity contribution in [3.8, 4) is 0 Å². The lowest BCUT2D eigenvalue weighted by molar-refractivity contribution is -0.175. The topological polar surface area (TPSA) is 66.9 Å². The van der Waals surface area contributed by atoms with Crippen molar-refractivity contribution >= 4 is 23.6 Å². The molecule has 6 heteroatoms. The minimum absolute atomic E-state index is 0.283. The second kappa shape index (κ2) is 8.38. The highest BCUT2D eigenvalue weighted by Crippen LogP contribution is 2.56. The quantitative estimate of drug-likeness (QED) is 0.502. The molecular weight excluding hydrogens is 440 g/mol. The van der Waals surface area contributed by atoms with E-state index < -0.39 is 29.1 Å². The van der Waals surface area contributed by atoms with E-state index in [4.69, 9.17) is 4.74 Å². The first kappa shape index (κ1) is 22.8. The van der Waals surface area contributed by atoms with Crippen molar-refractivity contribution in [1.29, 1.82) is 0 Å². The summed E-state index contributed by atoms with van der Waals surface area (Å²) < 4.78 is 5.61. The molecule has 2 aliphatic heterocycles. The molecule has 0 aromatic heterocycles. The minimum atomic E-state index is -1.44. The number of rotatable bonds is 4. The summed E-state index contributed by atoms with van der Waals surface area (Å²) in [5.74, 6) is -1.39. The highest BCUT2D eigenvalue weighted by atomic mass is 16.6. The third-order valence-corrected chi connectivity index (χ3v) is 6.59. The highest BCUT2D eigenvalue weighted by molar-refractivity contribution is 6.19. The Morgan fingerprint density at radius 2 is 1.43 bits per heavy atom. The van der Waals surface area contributed by atoms with Gasteiger partial charge in [-0.25, -0.2) is 9.69 Å². The normalized spacial score (nSPS) is 21.2. The van der Waals surface area contributed by atoms with Crippen molar-refractivity contribution < 1.29 is 19.1 Å². The van der Waals surface area contributed by atoms with Crippen LogP contribution in [0.15, 0.2) is 84.9 Å². The van der Waals surface area contributed by atoms with Gasteiger partial charge in [-0.3, -0.25) is 9.59 Å². The van der Waals surface area contributed by atoms with Crippen LogP contribution in [0.5, 0.6) is 0 Å². The van der Waals surface area contributed by atoms with Gasteiger partial charge in [0.05, 0.1) is 18.2 Å². The smallest absolute Gasteiger partial charge is 0.418 e. The molecule has 0 saturated carbocycles. The fourth-order valence-electron chi connectivity index (χ4n) is 5.16. The summed E-state index contributed by atoms with van der Waals surface area (Å²) in [6.07, 6.45) is -0.449. The fourth-order valence-corrected chi connectivity index (χ4v) is 5.16. The van der Waals surface area contributed by atoms with Crippen molar-refractivity contribution in [2.45, 2.75) is 44.9 Å². The molecule has 2 aliphatic rings. The maximum Gasteiger partial charge on any atom is 0.418 e. The molecule has 35 heavy (non-hydrogen) atoms. The number of fused-ring (bicyclic) bond motifs is 2. The average molecular weight is 469 g/mol. The summed E-state index contributed by atoms with van der Waals surface area (Å²) >= 11 is 0. The molecule has 1 spiro atoms. The first-order chi connectivity index (χ1) is 16.7. The van der Waals surface area contributed by atoms with Gasteiger partial charge < -0.3 is 9.64 Å². The number of para-hydroxylation sites is 1. The van der Waals surface area contributed by atoms with Gasteiger partial charge in [0, 0.05) is 5.56 Å². The number of nitrogens with zero attached hydrogens (tertiary/aromatic N) is 2. The van der Waals surface area contributed by atoms with E-state index in [1.165, 1.54) is 0 Å². The molecule has 0 N–H and O–H groups in total. The van der Waals surface area contributed by atoms with Gasteiger partial charge in [0.2, 0.25) is 5.91 Å². The van der Waals surface area contributed by atoms with E-state index >= 15 is 0 Å². The van der Waals surface area contributed by atoms with Gasteiger partial charge >= 0.3 is 6.09 Å². The van der Waals surface area contributed by atoms with Crippen LogP contribution in [0.1, 0.15) is 37.5 Å². The van der Waals surface area contributed by atoms with Crippen LogP contribution in [-0.2, 0) is 32.8 Å². The Hall–Kier alpha value is -3.93. The zero-order valence-electron chi connectivity index (χ0n) is 20.1. The van der Waals surface area contributed by atoms with Crippen molar-refractivity contribution in [2.75, 3.05) is 4.90 Å². The van der Waals surface area contributed by atoms with E-state index in [0.717, 1.165) is 16.0 Å².